The summed E-state index contributed by atoms with van der Waals surface area (Å²) in [5.41, 5.74) is 0. The fourth-order valence-electron chi connectivity index (χ4n) is 4.97. The van der Waals surface area contributed by atoms with Crippen molar-refractivity contribution in [3.05, 3.63) is 42.2 Å². The summed E-state index contributed by atoms with van der Waals surface area (Å²) in [6.45, 7) is -0.392. The summed E-state index contributed by atoms with van der Waals surface area (Å²) < 4.78 is 18.0. The van der Waals surface area contributed by atoms with Gasteiger partial charge in [-0.15, -0.1) is 0 Å². The normalized spacial score (nSPS) is 37.1. The van der Waals surface area contributed by atoms with E-state index < -0.39 is 18.3 Å². The monoisotopic (exact) mass is 341 g/mol. The molecule has 6 unspecified atom stereocenters. The Morgan fingerprint density at radius 1 is 1.04 bits per heavy atom. The Morgan fingerprint density at radius 2 is 1.60 bits per heavy atom. The van der Waals surface area contributed by atoms with Crippen molar-refractivity contribution in [1.29, 1.82) is 0 Å². The Morgan fingerprint density at radius 3 is 2.16 bits per heavy atom. The van der Waals surface area contributed by atoms with Crippen LogP contribution < -0.4 is 4.74 Å². The van der Waals surface area contributed by atoms with Gasteiger partial charge in [0.15, 0.2) is 0 Å². The molecule has 1 saturated heterocycles. The molecule has 1 aliphatic heterocycles. The zero-order chi connectivity index (χ0) is 17.3. The Balaban J connectivity index is 1.32. The Labute approximate surface area is 143 Å². The molecule has 5 nitrogen and oxygen atoms in total. The van der Waals surface area contributed by atoms with E-state index in [0.29, 0.717) is 11.8 Å². The van der Waals surface area contributed by atoms with Crippen LogP contribution in [0.2, 0.25) is 0 Å². The maximum absolute atomic E-state index is 12.9. The van der Waals surface area contributed by atoms with Crippen LogP contribution in [0.15, 0.2) is 36.4 Å². The van der Waals surface area contributed by atoms with Gasteiger partial charge in [0.05, 0.1) is 11.8 Å². The van der Waals surface area contributed by atoms with Crippen LogP contribution in [-0.4, -0.2) is 29.2 Å². The molecule has 5 aliphatic rings. The molecule has 25 heavy (non-hydrogen) atoms. The molecule has 6 rings (SSSR count). The number of nitrogens with zero attached hydrogens (tertiary/aromatic N) is 1. The number of halogens is 1. The molecule has 128 valence electrons. The number of carbonyl (C=O) groups is 3. The third-order valence-corrected chi connectivity index (χ3v) is 6.09. The van der Waals surface area contributed by atoms with Crippen LogP contribution in [0.3, 0.4) is 0 Å². The van der Waals surface area contributed by atoms with Gasteiger partial charge in [0.2, 0.25) is 11.8 Å². The van der Waals surface area contributed by atoms with E-state index in [-0.39, 0.29) is 41.2 Å². The Bertz CT molecular complexity index is 781. The zero-order valence-electron chi connectivity index (χ0n) is 13.3. The van der Waals surface area contributed by atoms with E-state index in [1.807, 2.05) is 0 Å². The Hall–Kier alpha value is -2.50. The number of esters is 1. The SMILES string of the molecule is O=C(CN1C(=O)C2C3C=CC(C4CC34)C2C1=O)Oc1ccc(F)cc1. The largest absolute Gasteiger partial charge is 0.425 e. The highest BCUT2D eigenvalue weighted by molar-refractivity contribution is 6.08. The topological polar surface area (TPSA) is 63.7 Å². The summed E-state index contributed by atoms with van der Waals surface area (Å²) in [7, 11) is 0. The first-order chi connectivity index (χ1) is 12.0. The molecule has 2 bridgehead atoms. The first kappa shape index (κ1) is 14.8. The molecule has 0 spiro atoms. The van der Waals surface area contributed by atoms with Gasteiger partial charge in [0, 0.05) is 0 Å². The highest BCUT2D eigenvalue weighted by atomic mass is 19.1. The smallest absolute Gasteiger partial charge is 0.331 e. The van der Waals surface area contributed by atoms with Crippen LogP contribution >= 0.6 is 0 Å². The lowest BCUT2D eigenvalue weighted by molar-refractivity contribution is -0.148. The lowest BCUT2D eigenvalue weighted by Gasteiger charge is -2.37. The third-order valence-electron chi connectivity index (χ3n) is 6.09. The predicted molar refractivity (Wildman–Crippen MR) is 83.5 cm³/mol. The lowest BCUT2D eigenvalue weighted by atomic mass is 9.63. The maximum atomic E-state index is 12.9. The van der Waals surface area contributed by atoms with Crippen molar-refractivity contribution in [2.24, 2.45) is 35.5 Å². The van der Waals surface area contributed by atoms with Gasteiger partial charge in [-0.3, -0.25) is 14.5 Å². The number of carbonyl (C=O) groups excluding carboxylic acids is 3. The molecule has 4 aliphatic carbocycles. The number of amides is 2. The average Bonchev–Trinajstić information content (AvgIpc) is 3.38. The minimum atomic E-state index is -0.697. The molecular formula is C19H16FNO4. The van der Waals surface area contributed by atoms with Crippen molar-refractivity contribution in [3.63, 3.8) is 0 Å². The Kier molecular flexibility index (Phi) is 2.96. The first-order valence-corrected chi connectivity index (χ1v) is 8.54. The molecule has 6 atom stereocenters. The summed E-state index contributed by atoms with van der Waals surface area (Å²) in [5, 5.41) is 0. The number of benzene rings is 1. The van der Waals surface area contributed by atoms with E-state index in [2.05, 4.69) is 12.2 Å². The van der Waals surface area contributed by atoms with Gasteiger partial charge >= 0.3 is 5.97 Å². The maximum Gasteiger partial charge on any atom is 0.331 e. The van der Waals surface area contributed by atoms with Crippen LogP contribution in [0.1, 0.15) is 6.42 Å². The minimum Gasteiger partial charge on any atom is -0.425 e. The quantitative estimate of drug-likeness (QED) is 0.364. The van der Waals surface area contributed by atoms with Crippen LogP contribution in [0, 0.1) is 41.3 Å². The standard InChI is InChI=1S/C19H16FNO4/c20-9-1-3-10(4-2-9)25-15(22)8-21-18(23)16-11-5-6-12(14-7-13(11)14)17(16)19(21)24/h1-6,11-14,16-17H,7-8H2. The number of ether oxygens (including phenoxy) is 1. The first-order valence-electron chi connectivity index (χ1n) is 8.54. The van der Waals surface area contributed by atoms with Crippen LogP contribution in [0.4, 0.5) is 4.39 Å². The third kappa shape index (κ3) is 2.09. The molecular weight excluding hydrogens is 325 g/mol. The van der Waals surface area contributed by atoms with Gasteiger partial charge in [-0.2, -0.15) is 0 Å². The molecule has 0 N–H and O–H groups in total. The van der Waals surface area contributed by atoms with Crippen molar-refractivity contribution in [2.75, 3.05) is 6.54 Å². The summed E-state index contributed by atoms with van der Waals surface area (Å²) in [5.74, 6) is -0.762. The summed E-state index contributed by atoms with van der Waals surface area (Å²) in [6, 6.07) is 5.02. The van der Waals surface area contributed by atoms with Crippen LogP contribution in [0.5, 0.6) is 5.75 Å². The van der Waals surface area contributed by atoms with Crippen molar-refractivity contribution in [1.82, 2.24) is 4.90 Å². The van der Waals surface area contributed by atoms with Gasteiger partial charge in [0.1, 0.15) is 18.1 Å². The summed E-state index contributed by atoms with van der Waals surface area (Å²) in [6.07, 6.45) is 5.28. The molecule has 6 heteroatoms. The van der Waals surface area contributed by atoms with Crippen LogP contribution in [-0.2, 0) is 14.4 Å². The van der Waals surface area contributed by atoms with E-state index in [1.165, 1.54) is 24.3 Å². The van der Waals surface area contributed by atoms with Crippen molar-refractivity contribution >= 4 is 17.8 Å². The van der Waals surface area contributed by atoms with Crippen molar-refractivity contribution in [2.45, 2.75) is 6.42 Å². The van der Waals surface area contributed by atoms with E-state index in [9.17, 15) is 18.8 Å². The molecule has 0 radical (unpaired) electrons. The van der Waals surface area contributed by atoms with Gasteiger partial charge in [-0.05, 0) is 54.4 Å². The minimum absolute atomic E-state index is 0.134. The molecule has 1 aromatic carbocycles. The second-order valence-corrected chi connectivity index (χ2v) is 7.35. The number of allylic oxidation sites excluding steroid dienone is 2. The zero-order valence-corrected chi connectivity index (χ0v) is 13.3. The van der Waals surface area contributed by atoms with Gasteiger partial charge in [-0.25, -0.2) is 9.18 Å². The van der Waals surface area contributed by atoms with Crippen LogP contribution in [0.25, 0.3) is 0 Å². The van der Waals surface area contributed by atoms with Gasteiger partial charge in [-0.1, -0.05) is 12.2 Å². The second kappa shape index (κ2) is 5.00. The molecule has 1 heterocycles. The van der Waals surface area contributed by atoms with Crippen molar-refractivity contribution < 1.29 is 23.5 Å². The molecule has 1 aromatic rings. The average molecular weight is 341 g/mol. The van der Waals surface area contributed by atoms with E-state index in [0.717, 1.165) is 11.3 Å². The number of hydrogen-bond acceptors (Lipinski definition) is 4. The molecule has 2 amide bonds. The van der Waals surface area contributed by atoms with E-state index in [1.54, 1.807) is 0 Å². The molecule has 3 fully saturated rings. The predicted octanol–water partition coefficient (Wildman–Crippen LogP) is 1.78. The highest BCUT2D eigenvalue weighted by Gasteiger charge is 2.67. The number of hydrogen-bond donors (Lipinski definition) is 0. The van der Waals surface area contributed by atoms with Gasteiger partial charge in [0.25, 0.3) is 0 Å². The number of rotatable bonds is 3. The van der Waals surface area contributed by atoms with Gasteiger partial charge < -0.3 is 4.74 Å². The summed E-state index contributed by atoms with van der Waals surface area (Å²) in [4.78, 5) is 38.7. The fraction of sp³-hybridized carbons (Fsp3) is 0.421. The summed E-state index contributed by atoms with van der Waals surface area (Å²) >= 11 is 0. The molecule has 0 aromatic heterocycles. The van der Waals surface area contributed by atoms with E-state index >= 15 is 0 Å². The lowest BCUT2D eigenvalue weighted by Crippen LogP contribution is -2.40. The molecule has 2 saturated carbocycles. The van der Waals surface area contributed by atoms with Crippen molar-refractivity contribution in [3.8, 4) is 5.75 Å². The number of imide groups is 1. The van der Waals surface area contributed by atoms with E-state index in [4.69, 9.17) is 4.74 Å². The fourth-order valence-corrected chi connectivity index (χ4v) is 4.97. The highest BCUT2D eigenvalue weighted by Crippen LogP contribution is 2.65. The second-order valence-electron chi connectivity index (χ2n) is 7.35. The number of likely N-dealkylation sites (tertiary alicyclic amines) is 1.